The molecular formula is C17H29N5O2. The lowest BCUT2D eigenvalue weighted by Crippen LogP contribution is -2.44. The number of likely N-dealkylation sites (tertiary alicyclic amines) is 2. The highest BCUT2D eigenvalue weighted by atomic mass is 16.5. The second kappa shape index (κ2) is 7.96. The van der Waals surface area contributed by atoms with Gasteiger partial charge in [-0.2, -0.15) is 4.98 Å². The van der Waals surface area contributed by atoms with Gasteiger partial charge in [0.05, 0.1) is 0 Å². The van der Waals surface area contributed by atoms with Crippen LogP contribution in [0.3, 0.4) is 0 Å². The quantitative estimate of drug-likeness (QED) is 0.891. The summed E-state index contributed by atoms with van der Waals surface area (Å²) in [5.74, 6) is 1.55. The molecule has 7 nitrogen and oxygen atoms in total. The summed E-state index contributed by atoms with van der Waals surface area (Å²) >= 11 is 0. The molecular weight excluding hydrogens is 306 g/mol. The summed E-state index contributed by atoms with van der Waals surface area (Å²) in [5, 5.41) is 6.93. The first kappa shape index (κ1) is 17.2. The number of hydrogen-bond donors (Lipinski definition) is 1. The number of amides is 2. The zero-order valence-electron chi connectivity index (χ0n) is 14.8. The highest BCUT2D eigenvalue weighted by Crippen LogP contribution is 2.20. The number of aromatic nitrogens is 2. The van der Waals surface area contributed by atoms with Crippen molar-refractivity contribution >= 4 is 6.03 Å². The molecule has 2 amide bonds. The summed E-state index contributed by atoms with van der Waals surface area (Å²) in [4.78, 5) is 21.1. The van der Waals surface area contributed by atoms with Crippen LogP contribution in [0.1, 0.15) is 57.2 Å². The molecule has 2 aliphatic rings. The molecule has 1 aromatic rings. The minimum atomic E-state index is 0.0297. The van der Waals surface area contributed by atoms with E-state index in [4.69, 9.17) is 4.52 Å². The van der Waals surface area contributed by atoms with Crippen LogP contribution in [0.5, 0.6) is 0 Å². The first-order valence-corrected chi connectivity index (χ1v) is 9.23. The summed E-state index contributed by atoms with van der Waals surface area (Å²) in [6.45, 7) is 8.67. The third-order valence-electron chi connectivity index (χ3n) is 4.96. The van der Waals surface area contributed by atoms with Gasteiger partial charge in [-0.1, -0.05) is 25.4 Å². The normalized spacial score (nSPS) is 22.3. The highest BCUT2D eigenvalue weighted by molar-refractivity contribution is 5.74. The molecule has 7 heteroatoms. The number of nitrogens with one attached hydrogen (secondary N) is 1. The Bertz CT molecular complexity index is 539. The molecule has 0 unspecified atom stereocenters. The van der Waals surface area contributed by atoms with Crippen molar-refractivity contribution in [2.75, 3.05) is 32.7 Å². The van der Waals surface area contributed by atoms with Gasteiger partial charge < -0.3 is 14.7 Å². The summed E-state index contributed by atoms with van der Waals surface area (Å²) in [5.41, 5.74) is 0. The Kier molecular flexibility index (Phi) is 5.71. The van der Waals surface area contributed by atoms with E-state index in [2.05, 4.69) is 20.4 Å². The van der Waals surface area contributed by atoms with Gasteiger partial charge in [0.25, 0.3) is 0 Å². The molecule has 0 spiro atoms. The molecule has 1 atom stereocenters. The van der Waals surface area contributed by atoms with Crippen LogP contribution >= 0.6 is 0 Å². The second-order valence-electron chi connectivity index (χ2n) is 7.17. The van der Waals surface area contributed by atoms with Gasteiger partial charge in [0, 0.05) is 38.0 Å². The number of carbonyl (C=O) groups excluding carboxylic acids is 1. The summed E-state index contributed by atoms with van der Waals surface area (Å²) < 4.78 is 5.17. The molecule has 0 bridgehead atoms. The minimum absolute atomic E-state index is 0.0297. The van der Waals surface area contributed by atoms with Gasteiger partial charge in [-0.05, 0) is 32.4 Å². The van der Waals surface area contributed by atoms with E-state index in [-0.39, 0.29) is 11.9 Å². The van der Waals surface area contributed by atoms with Crippen LogP contribution in [0, 0.1) is 0 Å². The van der Waals surface area contributed by atoms with E-state index in [9.17, 15) is 4.79 Å². The summed E-state index contributed by atoms with van der Waals surface area (Å²) in [6, 6.07) is 0.573. The maximum atomic E-state index is 12.3. The maximum Gasteiger partial charge on any atom is 0.317 e. The smallest absolute Gasteiger partial charge is 0.317 e. The predicted molar refractivity (Wildman–Crippen MR) is 90.9 cm³/mol. The van der Waals surface area contributed by atoms with Crippen LogP contribution in [-0.2, 0) is 6.42 Å². The number of urea groups is 1. The summed E-state index contributed by atoms with van der Waals surface area (Å²) in [6.07, 6.45) is 5.64. The second-order valence-corrected chi connectivity index (χ2v) is 7.17. The molecule has 1 aromatic heterocycles. The van der Waals surface area contributed by atoms with E-state index in [1.54, 1.807) is 0 Å². The maximum absolute atomic E-state index is 12.3. The number of rotatable bonds is 5. The van der Waals surface area contributed by atoms with E-state index in [1.165, 1.54) is 32.4 Å². The molecule has 0 aliphatic carbocycles. The van der Waals surface area contributed by atoms with E-state index < -0.39 is 0 Å². The third kappa shape index (κ3) is 4.26. The van der Waals surface area contributed by atoms with Gasteiger partial charge in [-0.25, -0.2) is 4.79 Å². The van der Waals surface area contributed by atoms with E-state index in [1.807, 2.05) is 18.7 Å². The SMILES string of the molecule is CC(C)c1nc(CCNC(=O)N2CC[C@H](N3CCCCC3)C2)no1. The van der Waals surface area contributed by atoms with Crippen LogP contribution in [0.4, 0.5) is 4.79 Å². The van der Waals surface area contributed by atoms with Crippen molar-refractivity contribution in [3.8, 4) is 0 Å². The fourth-order valence-electron chi connectivity index (χ4n) is 3.50. The Morgan fingerprint density at radius 2 is 2.08 bits per heavy atom. The van der Waals surface area contributed by atoms with Gasteiger partial charge in [-0.3, -0.25) is 4.90 Å². The molecule has 0 saturated carbocycles. The van der Waals surface area contributed by atoms with Crippen molar-refractivity contribution in [1.29, 1.82) is 0 Å². The number of carbonyl (C=O) groups is 1. The molecule has 134 valence electrons. The molecule has 3 heterocycles. The van der Waals surface area contributed by atoms with Gasteiger partial charge in [0.1, 0.15) is 0 Å². The largest absolute Gasteiger partial charge is 0.339 e. The van der Waals surface area contributed by atoms with Crippen molar-refractivity contribution < 1.29 is 9.32 Å². The average Bonchev–Trinajstić information content (AvgIpc) is 3.25. The van der Waals surface area contributed by atoms with Crippen molar-refractivity contribution in [1.82, 2.24) is 25.3 Å². The van der Waals surface area contributed by atoms with Crippen LogP contribution in [0.15, 0.2) is 4.52 Å². The Morgan fingerprint density at radius 3 is 2.79 bits per heavy atom. The molecule has 0 aromatic carbocycles. The van der Waals surface area contributed by atoms with E-state index in [0.29, 0.717) is 30.7 Å². The fourth-order valence-corrected chi connectivity index (χ4v) is 3.50. The first-order valence-electron chi connectivity index (χ1n) is 9.23. The fraction of sp³-hybridized carbons (Fsp3) is 0.824. The van der Waals surface area contributed by atoms with Crippen molar-refractivity contribution in [2.45, 2.75) is 57.9 Å². The van der Waals surface area contributed by atoms with Crippen molar-refractivity contribution in [2.24, 2.45) is 0 Å². The monoisotopic (exact) mass is 335 g/mol. The standard InChI is InChI=1S/C17H29N5O2/c1-13(2)16-19-15(20-24-16)6-8-18-17(23)22-11-7-14(12-22)21-9-4-3-5-10-21/h13-14H,3-12H2,1-2H3,(H,18,23)/t14-/m0/s1. The van der Waals surface area contributed by atoms with Crippen LogP contribution in [-0.4, -0.2) is 64.7 Å². The lowest BCUT2D eigenvalue weighted by Gasteiger charge is -2.32. The molecule has 0 radical (unpaired) electrons. The highest BCUT2D eigenvalue weighted by Gasteiger charge is 2.30. The van der Waals surface area contributed by atoms with Crippen LogP contribution < -0.4 is 5.32 Å². The number of hydrogen-bond acceptors (Lipinski definition) is 5. The molecule has 24 heavy (non-hydrogen) atoms. The number of nitrogens with zero attached hydrogens (tertiary/aromatic N) is 4. The average molecular weight is 335 g/mol. The lowest BCUT2D eigenvalue weighted by molar-refractivity contribution is 0.161. The van der Waals surface area contributed by atoms with Crippen LogP contribution in [0.2, 0.25) is 0 Å². The van der Waals surface area contributed by atoms with Gasteiger partial charge in [0.2, 0.25) is 5.89 Å². The van der Waals surface area contributed by atoms with Crippen molar-refractivity contribution in [3.05, 3.63) is 11.7 Å². The zero-order chi connectivity index (χ0) is 16.9. The molecule has 1 N–H and O–H groups in total. The zero-order valence-corrected chi connectivity index (χ0v) is 14.8. The first-order chi connectivity index (χ1) is 11.6. The molecule has 3 rings (SSSR count). The molecule has 2 saturated heterocycles. The lowest BCUT2D eigenvalue weighted by atomic mass is 10.1. The minimum Gasteiger partial charge on any atom is -0.339 e. The predicted octanol–water partition coefficient (Wildman–Crippen LogP) is 2.01. The Hall–Kier alpha value is -1.63. The van der Waals surface area contributed by atoms with Crippen LogP contribution in [0.25, 0.3) is 0 Å². The van der Waals surface area contributed by atoms with E-state index in [0.717, 1.165) is 19.5 Å². The number of piperidine rings is 1. The Labute approximate surface area is 143 Å². The van der Waals surface area contributed by atoms with Gasteiger partial charge in [-0.15, -0.1) is 0 Å². The molecule has 2 aliphatic heterocycles. The third-order valence-corrected chi connectivity index (χ3v) is 4.96. The summed E-state index contributed by atoms with van der Waals surface area (Å²) in [7, 11) is 0. The topological polar surface area (TPSA) is 74.5 Å². The Morgan fingerprint density at radius 1 is 1.29 bits per heavy atom. The van der Waals surface area contributed by atoms with Crippen molar-refractivity contribution in [3.63, 3.8) is 0 Å². The van der Waals surface area contributed by atoms with Gasteiger partial charge >= 0.3 is 6.03 Å². The van der Waals surface area contributed by atoms with Gasteiger partial charge in [0.15, 0.2) is 5.82 Å². The Balaban J connectivity index is 1.39. The molecule has 2 fully saturated rings. The van der Waals surface area contributed by atoms with E-state index >= 15 is 0 Å².